The summed E-state index contributed by atoms with van der Waals surface area (Å²) >= 11 is 0. The fourth-order valence-corrected chi connectivity index (χ4v) is 5.08. The first-order chi connectivity index (χ1) is 16.9. The zero-order chi connectivity index (χ0) is 24.5. The van der Waals surface area contributed by atoms with Crippen molar-refractivity contribution in [1.82, 2.24) is 19.6 Å². The Morgan fingerprint density at radius 1 is 0.857 bits per heavy atom. The number of carbonyl (C=O) groups is 5. The van der Waals surface area contributed by atoms with E-state index in [0.717, 1.165) is 29.1 Å². The number of imide groups is 2. The highest BCUT2D eigenvalue weighted by Crippen LogP contribution is 2.31. The molecule has 1 aliphatic carbocycles. The number of piperazine rings is 1. The van der Waals surface area contributed by atoms with Crippen molar-refractivity contribution in [2.24, 2.45) is 0 Å². The van der Waals surface area contributed by atoms with Crippen molar-refractivity contribution < 1.29 is 33.4 Å². The van der Waals surface area contributed by atoms with E-state index in [4.69, 9.17) is 9.47 Å². The monoisotopic (exact) mass is 484 g/mol. The Labute approximate surface area is 202 Å². The topological polar surface area (TPSA) is 117 Å². The van der Waals surface area contributed by atoms with Gasteiger partial charge in [-0.1, -0.05) is 31.4 Å². The summed E-state index contributed by atoms with van der Waals surface area (Å²) in [6.07, 6.45) is 3.46. The van der Waals surface area contributed by atoms with Crippen LogP contribution in [0.25, 0.3) is 0 Å². The standard InChI is InChI=1S/C24H28N4O7/c29-20(14-27-22(31)23(32)28(24(27)33)16-6-2-1-3-7-16)25-10-12-26(13-11-25)21(30)19-15-34-17-8-4-5-9-18(17)35-19/h4-5,8-9,16,19H,1-3,6-7,10-15H2. The van der Waals surface area contributed by atoms with Gasteiger partial charge in [-0.25, -0.2) is 9.69 Å². The van der Waals surface area contributed by atoms with Crippen molar-refractivity contribution in [3.8, 4) is 11.5 Å². The highest BCUT2D eigenvalue weighted by molar-refractivity contribution is 6.45. The van der Waals surface area contributed by atoms with Crippen LogP contribution in [0, 0.1) is 0 Å². The molecule has 0 bridgehead atoms. The molecule has 3 heterocycles. The summed E-state index contributed by atoms with van der Waals surface area (Å²) in [6.45, 7) is 0.731. The minimum Gasteiger partial charge on any atom is -0.485 e. The van der Waals surface area contributed by atoms with Crippen molar-refractivity contribution in [3.05, 3.63) is 24.3 Å². The Morgan fingerprint density at radius 2 is 1.51 bits per heavy atom. The third kappa shape index (κ3) is 4.42. The quantitative estimate of drug-likeness (QED) is 0.454. The van der Waals surface area contributed by atoms with Crippen LogP contribution in [0.2, 0.25) is 0 Å². The Morgan fingerprint density at radius 3 is 2.23 bits per heavy atom. The molecule has 186 valence electrons. The molecule has 3 aliphatic heterocycles. The molecular formula is C24H28N4O7. The van der Waals surface area contributed by atoms with Gasteiger partial charge < -0.3 is 19.3 Å². The van der Waals surface area contributed by atoms with Gasteiger partial charge in [-0.3, -0.25) is 24.1 Å². The predicted octanol–water partition coefficient (Wildman–Crippen LogP) is 0.621. The van der Waals surface area contributed by atoms with E-state index in [1.165, 1.54) is 4.90 Å². The summed E-state index contributed by atoms with van der Waals surface area (Å²) in [5, 5.41) is 0. The fourth-order valence-electron chi connectivity index (χ4n) is 5.08. The number of hydrogen-bond donors (Lipinski definition) is 0. The maximum absolute atomic E-state index is 12.9. The summed E-state index contributed by atoms with van der Waals surface area (Å²) in [5.74, 6) is -1.33. The Kier molecular flexibility index (Phi) is 6.31. The lowest BCUT2D eigenvalue weighted by atomic mass is 9.94. The van der Waals surface area contributed by atoms with Gasteiger partial charge in [-0.2, -0.15) is 0 Å². The van der Waals surface area contributed by atoms with Crippen molar-refractivity contribution in [2.75, 3.05) is 39.3 Å². The second-order valence-electron chi connectivity index (χ2n) is 9.21. The number of hydrogen-bond acceptors (Lipinski definition) is 7. The number of urea groups is 1. The molecule has 11 heteroatoms. The van der Waals surface area contributed by atoms with Crippen LogP contribution in [0.5, 0.6) is 11.5 Å². The van der Waals surface area contributed by atoms with Crippen LogP contribution in [-0.4, -0.2) is 101 Å². The van der Waals surface area contributed by atoms with Crippen LogP contribution in [-0.2, 0) is 19.2 Å². The van der Waals surface area contributed by atoms with Crippen molar-refractivity contribution in [1.29, 1.82) is 0 Å². The zero-order valence-electron chi connectivity index (χ0n) is 19.4. The molecule has 3 fully saturated rings. The van der Waals surface area contributed by atoms with Crippen LogP contribution in [0.3, 0.4) is 0 Å². The van der Waals surface area contributed by atoms with E-state index in [0.29, 0.717) is 37.4 Å². The lowest BCUT2D eigenvalue weighted by molar-refractivity contribution is -0.148. The van der Waals surface area contributed by atoms with Crippen LogP contribution >= 0.6 is 0 Å². The number of ether oxygens (including phenoxy) is 2. The molecule has 0 N–H and O–H groups in total. The summed E-state index contributed by atoms with van der Waals surface area (Å²) in [7, 11) is 0. The van der Waals surface area contributed by atoms with Crippen LogP contribution in [0.15, 0.2) is 24.3 Å². The molecule has 1 unspecified atom stereocenters. The molecule has 0 aromatic heterocycles. The molecule has 5 rings (SSSR count). The van der Waals surface area contributed by atoms with E-state index >= 15 is 0 Å². The summed E-state index contributed by atoms with van der Waals surface area (Å²) in [5.41, 5.74) is 0. The van der Waals surface area contributed by atoms with Gasteiger partial charge in [-0.05, 0) is 25.0 Å². The molecule has 1 saturated carbocycles. The number of benzene rings is 1. The predicted molar refractivity (Wildman–Crippen MR) is 120 cm³/mol. The highest BCUT2D eigenvalue weighted by Gasteiger charge is 2.48. The number of para-hydroxylation sites is 2. The normalized spacial score (nSPS) is 23.2. The molecule has 1 aromatic rings. The Bertz CT molecular complexity index is 1050. The zero-order valence-corrected chi connectivity index (χ0v) is 19.4. The largest absolute Gasteiger partial charge is 0.485 e. The van der Waals surface area contributed by atoms with Gasteiger partial charge >= 0.3 is 17.8 Å². The molecule has 11 nitrogen and oxygen atoms in total. The molecular weight excluding hydrogens is 456 g/mol. The van der Waals surface area contributed by atoms with Gasteiger partial charge in [0.15, 0.2) is 11.5 Å². The minimum absolute atomic E-state index is 0.111. The molecule has 4 aliphatic rings. The van der Waals surface area contributed by atoms with Crippen LogP contribution in [0.4, 0.5) is 4.79 Å². The fraction of sp³-hybridized carbons (Fsp3) is 0.542. The second kappa shape index (κ2) is 9.55. The van der Waals surface area contributed by atoms with E-state index in [1.807, 2.05) is 6.07 Å². The first-order valence-corrected chi connectivity index (χ1v) is 12.1. The summed E-state index contributed by atoms with van der Waals surface area (Å²) < 4.78 is 11.4. The first kappa shape index (κ1) is 23.1. The maximum Gasteiger partial charge on any atom is 0.334 e. The molecule has 1 atom stereocenters. The highest BCUT2D eigenvalue weighted by atomic mass is 16.6. The smallest absolute Gasteiger partial charge is 0.334 e. The number of rotatable bonds is 4. The molecule has 1 aromatic carbocycles. The van der Waals surface area contributed by atoms with Gasteiger partial charge in [0.25, 0.3) is 5.91 Å². The number of amides is 6. The van der Waals surface area contributed by atoms with Crippen LogP contribution in [0.1, 0.15) is 32.1 Å². The van der Waals surface area contributed by atoms with Gasteiger partial charge in [0.1, 0.15) is 13.2 Å². The van der Waals surface area contributed by atoms with Crippen molar-refractivity contribution >= 4 is 29.7 Å². The van der Waals surface area contributed by atoms with Crippen molar-refractivity contribution in [3.63, 3.8) is 0 Å². The SMILES string of the molecule is O=C(CN1C(=O)C(=O)N(C2CCCCC2)C1=O)N1CCN(C(=O)C2COc3ccccc3O2)CC1. The third-order valence-corrected chi connectivity index (χ3v) is 7.05. The Hall–Kier alpha value is -3.63. The van der Waals surface area contributed by atoms with Gasteiger partial charge in [0.2, 0.25) is 12.0 Å². The third-order valence-electron chi connectivity index (χ3n) is 7.05. The van der Waals surface area contributed by atoms with E-state index in [-0.39, 0.29) is 31.6 Å². The van der Waals surface area contributed by atoms with Gasteiger partial charge in [0, 0.05) is 32.2 Å². The lowest BCUT2D eigenvalue weighted by Gasteiger charge is -2.37. The van der Waals surface area contributed by atoms with Gasteiger partial charge in [-0.15, -0.1) is 0 Å². The van der Waals surface area contributed by atoms with Crippen molar-refractivity contribution in [2.45, 2.75) is 44.2 Å². The molecule has 35 heavy (non-hydrogen) atoms. The molecule has 0 spiro atoms. The first-order valence-electron chi connectivity index (χ1n) is 12.1. The Balaban J connectivity index is 1.14. The minimum atomic E-state index is -0.947. The summed E-state index contributed by atoms with van der Waals surface area (Å²) in [6, 6.07) is 6.17. The van der Waals surface area contributed by atoms with E-state index in [9.17, 15) is 24.0 Å². The lowest BCUT2D eigenvalue weighted by Crippen LogP contribution is -2.56. The number of nitrogens with zero attached hydrogens (tertiary/aromatic N) is 4. The second-order valence-corrected chi connectivity index (χ2v) is 9.21. The molecule has 2 saturated heterocycles. The average molecular weight is 485 g/mol. The summed E-state index contributed by atoms with van der Waals surface area (Å²) in [4.78, 5) is 68.4. The maximum atomic E-state index is 12.9. The molecule has 0 radical (unpaired) electrons. The molecule has 6 amide bonds. The van der Waals surface area contributed by atoms with E-state index in [2.05, 4.69) is 0 Å². The average Bonchev–Trinajstić information content (AvgIpc) is 3.11. The van der Waals surface area contributed by atoms with Gasteiger partial charge in [0.05, 0.1) is 0 Å². The van der Waals surface area contributed by atoms with E-state index < -0.39 is 36.4 Å². The van der Waals surface area contributed by atoms with E-state index in [1.54, 1.807) is 23.1 Å². The van der Waals surface area contributed by atoms with Crippen LogP contribution < -0.4 is 9.47 Å². The number of fused-ring (bicyclic) bond motifs is 1. The number of carbonyl (C=O) groups excluding carboxylic acids is 5.